The van der Waals surface area contributed by atoms with Crippen LogP contribution < -0.4 is 14.8 Å². The van der Waals surface area contributed by atoms with Crippen LogP contribution in [0.1, 0.15) is 50.8 Å². The summed E-state index contributed by atoms with van der Waals surface area (Å²) in [6.07, 6.45) is 1.62. The van der Waals surface area contributed by atoms with Crippen molar-refractivity contribution in [2.24, 2.45) is 0 Å². The molecule has 38 heavy (non-hydrogen) atoms. The fourth-order valence-electron chi connectivity index (χ4n) is 4.48. The standard InChI is InChI=1S/C28H24Cl2N2O6/c1-2-36-25-23(11-16(29)12-24(25)30)26(33)31-17-5-3-6-18(13-17)38-19-8-9-21-22(14-19)28(35)32(27(21)34)15-20-7-4-10-37-20/h3,5-6,8-9,11-14,20H,2,4,7,10,15H2,1H3,(H,31,33). The first-order chi connectivity index (χ1) is 18.3. The van der Waals surface area contributed by atoms with E-state index < -0.39 is 5.91 Å². The Labute approximate surface area is 229 Å². The average Bonchev–Trinajstić information content (AvgIpc) is 3.48. The Morgan fingerprint density at radius 1 is 1.05 bits per heavy atom. The lowest BCUT2D eigenvalue weighted by molar-refractivity contribution is 0.0475. The third-order valence-electron chi connectivity index (χ3n) is 6.22. The van der Waals surface area contributed by atoms with E-state index in [1.807, 2.05) is 0 Å². The number of hydrogen-bond acceptors (Lipinski definition) is 6. The van der Waals surface area contributed by atoms with Crippen molar-refractivity contribution in [2.75, 3.05) is 25.1 Å². The van der Waals surface area contributed by atoms with Gasteiger partial charge in [-0.05, 0) is 62.2 Å². The van der Waals surface area contributed by atoms with Crippen LogP contribution in [0.4, 0.5) is 5.69 Å². The van der Waals surface area contributed by atoms with E-state index in [9.17, 15) is 14.4 Å². The van der Waals surface area contributed by atoms with Crippen LogP contribution in [0.3, 0.4) is 0 Å². The molecule has 1 N–H and O–H groups in total. The molecule has 3 aromatic carbocycles. The first-order valence-electron chi connectivity index (χ1n) is 12.2. The first kappa shape index (κ1) is 26.0. The first-order valence-corrected chi connectivity index (χ1v) is 12.9. The molecule has 0 aromatic heterocycles. The van der Waals surface area contributed by atoms with Crippen molar-refractivity contribution in [3.05, 3.63) is 81.3 Å². The molecule has 2 heterocycles. The van der Waals surface area contributed by atoms with Crippen molar-refractivity contribution < 1.29 is 28.6 Å². The third-order valence-corrected chi connectivity index (χ3v) is 6.72. The van der Waals surface area contributed by atoms with Gasteiger partial charge in [0.15, 0.2) is 5.75 Å². The van der Waals surface area contributed by atoms with Crippen LogP contribution in [0.15, 0.2) is 54.6 Å². The molecule has 1 atom stereocenters. The summed E-state index contributed by atoms with van der Waals surface area (Å²) < 4.78 is 17.1. The monoisotopic (exact) mass is 554 g/mol. The predicted molar refractivity (Wildman–Crippen MR) is 143 cm³/mol. The van der Waals surface area contributed by atoms with Crippen molar-refractivity contribution in [1.29, 1.82) is 0 Å². The van der Waals surface area contributed by atoms with E-state index in [1.165, 1.54) is 17.0 Å². The number of amides is 3. The minimum atomic E-state index is -0.456. The maximum atomic E-state index is 13.0. The minimum absolute atomic E-state index is 0.126. The van der Waals surface area contributed by atoms with Gasteiger partial charge in [0.25, 0.3) is 17.7 Å². The van der Waals surface area contributed by atoms with E-state index in [2.05, 4.69) is 5.32 Å². The molecule has 2 aliphatic heterocycles. The highest BCUT2D eigenvalue weighted by Crippen LogP contribution is 2.34. The molecule has 0 spiro atoms. The summed E-state index contributed by atoms with van der Waals surface area (Å²) in [5.41, 5.74) is 1.29. The van der Waals surface area contributed by atoms with Gasteiger partial charge in [0.05, 0.1) is 41.0 Å². The lowest BCUT2D eigenvalue weighted by Gasteiger charge is -2.17. The van der Waals surface area contributed by atoms with E-state index >= 15 is 0 Å². The number of imide groups is 1. The molecular weight excluding hydrogens is 531 g/mol. The average molecular weight is 555 g/mol. The van der Waals surface area contributed by atoms with Crippen LogP contribution in [-0.2, 0) is 4.74 Å². The molecule has 0 radical (unpaired) electrons. The normalized spacial score (nSPS) is 16.5. The zero-order valence-corrected chi connectivity index (χ0v) is 22.0. The van der Waals surface area contributed by atoms with Crippen LogP contribution in [0.25, 0.3) is 0 Å². The van der Waals surface area contributed by atoms with Gasteiger partial charge >= 0.3 is 0 Å². The third kappa shape index (κ3) is 5.34. The van der Waals surface area contributed by atoms with Crippen molar-refractivity contribution in [3.63, 3.8) is 0 Å². The zero-order valence-electron chi connectivity index (χ0n) is 20.5. The van der Waals surface area contributed by atoms with Crippen molar-refractivity contribution in [2.45, 2.75) is 25.9 Å². The number of nitrogens with one attached hydrogen (secondary N) is 1. The smallest absolute Gasteiger partial charge is 0.261 e. The summed E-state index contributed by atoms with van der Waals surface area (Å²) in [5, 5.41) is 3.34. The quantitative estimate of drug-likeness (QED) is 0.332. The Kier molecular flexibility index (Phi) is 7.56. The summed E-state index contributed by atoms with van der Waals surface area (Å²) in [6.45, 7) is 3.00. The fraction of sp³-hybridized carbons (Fsp3) is 0.250. The van der Waals surface area contributed by atoms with E-state index in [0.717, 1.165) is 12.8 Å². The molecule has 1 unspecified atom stereocenters. The number of rotatable bonds is 8. The van der Waals surface area contributed by atoms with E-state index in [-0.39, 0.29) is 46.4 Å². The van der Waals surface area contributed by atoms with E-state index in [1.54, 1.807) is 49.4 Å². The van der Waals surface area contributed by atoms with Crippen LogP contribution in [0.5, 0.6) is 17.2 Å². The number of carbonyl (C=O) groups is 3. The molecule has 1 saturated heterocycles. The molecular formula is C28H24Cl2N2O6. The Bertz CT molecular complexity index is 1420. The number of fused-ring (bicyclic) bond motifs is 1. The maximum Gasteiger partial charge on any atom is 0.261 e. The number of hydrogen-bond donors (Lipinski definition) is 1. The number of halogens is 2. The highest BCUT2D eigenvalue weighted by molar-refractivity contribution is 6.36. The van der Waals surface area contributed by atoms with Crippen LogP contribution in [0.2, 0.25) is 10.0 Å². The topological polar surface area (TPSA) is 94.2 Å². The maximum absolute atomic E-state index is 13.0. The molecule has 1 fully saturated rings. The second-order valence-electron chi connectivity index (χ2n) is 8.84. The molecule has 5 rings (SSSR count). The fourth-order valence-corrected chi connectivity index (χ4v) is 5.03. The molecule has 3 amide bonds. The number of benzene rings is 3. The second kappa shape index (κ2) is 11.0. The van der Waals surface area contributed by atoms with E-state index in [4.69, 9.17) is 37.4 Å². The molecule has 0 bridgehead atoms. The SMILES string of the molecule is CCOc1c(Cl)cc(Cl)cc1C(=O)Nc1cccc(Oc2ccc3c(c2)C(=O)N(CC2CCCO2)C3=O)c1. The van der Waals surface area contributed by atoms with Gasteiger partial charge in [-0.25, -0.2) is 0 Å². The van der Waals surface area contributed by atoms with Crippen molar-refractivity contribution in [1.82, 2.24) is 4.90 Å². The van der Waals surface area contributed by atoms with Gasteiger partial charge in [0.2, 0.25) is 0 Å². The molecule has 3 aromatic rings. The van der Waals surface area contributed by atoms with Gasteiger partial charge in [0.1, 0.15) is 11.5 Å². The van der Waals surface area contributed by atoms with Crippen molar-refractivity contribution >= 4 is 46.6 Å². The summed E-state index contributed by atoms with van der Waals surface area (Å²) in [6, 6.07) is 14.5. The molecule has 10 heteroatoms. The van der Waals surface area contributed by atoms with Crippen LogP contribution >= 0.6 is 23.2 Å². The lowest BCUT2D eigenvalue weighted by atomic mass is 10.1. The highest BCUT2D eigenvalue weighted by atomic mass is 35.5. The summed E-state index contributed by atoms with van der Waals surface area (Å²) in [4.78, 5) is 40.0. The summed E-state index contributed by atoms with van der Waals surface area (Å²) in [5.74, 6) is -0.101. The van der Waals surface area contributed by atoms with Gasteiger partial charge < -0.3 is 19.5 Å². The molecule has 2 aliphatic rings. The largest absolute Gasteiger partial charge is 0.491 e. The second-order valence-corrected chi connectivity index (χ2v) is 9.69. The lowest BCUT2D eigenvalue weighted by Crippen LogP contribution is -2.36. The Balaban J connectivity index is 1.31. The molecule has 8 nitrogen and oxygen atoms in total. The summed E-state index contributed by atoms with van der Waals surface area (Å²) >= 11 is 12.3. The molecule has 196 valence electrons. The van der Waals surface area contributed by atoms with Gasteiger partial charge in [-0.2, -0.15) is 0 Å². The minimum Gasteiger partial charge on any atom is -0.491 e. The van der Waals surface area contributed by atoms with Crippen molar-refractivity contribution in [3.8, 4) is 17.2 Å². The molecule has 0 saturated carbocycles. The zero-order chi connectivity index (χ0) is 26.8. The highest BCUT2D eigenvalue weighted by Gasteiger charge is 2.37. The Morgan fingerprint density at radius 2 is 1.84 bits per heavy atom. The van der Waals surface area contributed by atoms with Crippen LogP contribution in [-0.4, -0.2) is 48.5 Å². The van der Waals surface area contributed by atoms with Gasteiger partial charge in [-0.15, -0.1) is 0 Å². The Morgan fingerprint density at radius 3 is 2.61 bits per heavy atom. The molecule has 0 aliphatic carbocycles. The number of ether oxygens (including phenoxy) is 3. The van der Waals surface area contributed by atoms with Crippen LogP contribution in [0, 0.1) is 0 Å². The van der Waals surface area contributed by atoms with Gasteiger partial charge in [-0.3, -0.25) is 19.3 Å². The number of carbonyl (C=O) groups excluding carboxylic acids is 3. The number of anilines is 1. The Hall–Kier alpha value is -3.59. The van der Waals surface area contributed by atoms with E-state index in [0.29, 0.717) is 41.0 Å². The van der Waals surface area contributed by atoms with Gasteiger partial charge in [0, 0.05) is 23.4 Å². The summed E-state index contributed by atoms with van der Waals surface area (Å²) in [7, 11) is 0. The predicted octanol–water partition coefficient (Wildman–Crippen LogP) is 6.21. The van der Waals surface area contributed by atoms with Gasteiger partial charge in [-0.1, -0.05) is 29.3 Å². The number of nitrogens with zero attached hydrogens (tertiary/aromatic N) is 1.